The Balaban J connectivity index is 2.64. The fourth-order valence-electron chi connectivity index (χ4n) is 1.40. The Kier molecular flexibility index (Phi) is 5.91. The molecule has 0 bridgehead atoms. The molecule has 0 N–H and O–H groups in total. The molecule has 0 unspecified atom stereocenters. The van der Waals surface area contributed by atoms with E-state index in [4.69, 9.17) is 9.47 Å². The largest absolute Gasteiger partial charge is 0.462 e. The van der Waals surface area contributed by atoms with Crippen LogP contribution in [0.1, 0.15) is 43.5 Å². The number of carbonyl (C=O) groups is 2. The first-order chi connectivity index (χ1) is 8.67. The Morgan fingerprint density at radius 1 is 1.22 bits per heavy atom. The average molecular weight is 250 g/mol. The molecule has 0 radical (unpaired) electrons. The molecular formula is C14H18O4. The Bertz CT molecular complexity index is 412. The summed E-state index contributed by atoms with van der Waals surface area (Å²) < 4.78 is 10.0. The van der Waals surface area contributed by atoms with Crippen LogP contribution in [-0.2, 0) is 9.53 Å². The predicted molar refractivity (Wildman–Crippen MR) is 67.6 cm³/mol. The third-order valence-corrected chi connectivity index (χ3v) is 2.31. The lowest BCUT2D eigenvalue weighted by molar-refractivity contribution is -0.134. The zero-order valence-electron chi connectivity index (χ0n) is 10.8. The van der Waals surface area contributed by atoms with E-state index in [1.807, 2.05) is 6.92 Å². The van der Waals surface area contributed by atoms with E-state index in [9.17, 15) is 9.59 Å². The smallest absolute Gasteiger partial charge is 0.338 e. The Hall–Kier alpha value is -1.84. The van der Waals surface area contributed by atoms with Crippen LogP contribution in [0.5, 0.6) is 5.75 Å². The quantitative estimate of drug-likeness (QED) is 0.575. The summed E-state index contributed by atoms with van der Waals surface area (Å²) in [4.78, 5) is 22.9. The fraction of sp³-hybridized carbons (Fsp3) is 0.429. The van der Waals surface area contributed by atoms with Gasteiger partial charge in [0, 0.05) is 6.42 Å². The number of esters is 2. The maximum Gasteiger partial charge on any atom is 0.338 e. The van der Waals surface area contributed by atoms with Crippen molar-refractivity contribution in [2.75, 3.05) is 6.61 Å². The summed E-state index contributed by atoms with van der Waals surface area (Å²) in [7, 11) is 0. The highest BCUT2D eigenvalue weighted by Crippen LogP contribution is 2.15. The SMILES string of the molecule is CCCCC(=O)Oc1cccc(C(=O)OCC)c1. The summed E-state index contributed by atoms with van der Waals surface area (Å²) in [6, 6.07) is 6.45. The van der Waals surface area contributed by atoms with Crippen LogP contribution in [0.3, 0.4) is 0 Å². The van der Waals surface area contributed by atoms with Crippen LogP contribution in [0, 0.1) is 0 Å². The first-order valence-electron chi connectivity index (χ1n) is 6.15. The van der Waals surface area contributed by atoms with Gasteiger partial charge in [-0.25, -0.2) is 4.79 Å². The number of rotatable bonds is 6. The number of hydrogen-bond acceptors (Lipinski definition) is 4. The van der Waals surface area contributed by atoms with Gasteiger partial charge in [-0.15, -0.1) is 0 Å². The molecule has 0 saturated carbocycles. The van der Waals surface area contributed by atoms with Crippen LogP contribution in [0.2, 0.25) is 0 Å². The minimum absolute atomic E-state index is 0.280. The van der Waals surface area contributed by atoms with Crippen molar-refractivity contribution in [3.05, 3.63) is 29.8 Å². The van der Waals surface area contributed by atoms with Gasteiger partial charge in [-0.3, -0.25) is 4.79 Å². The van der Waals surface area contributed by atoms with Gasteiger partial charge < -0.3 is 9.47 Å². The van der Waals surface area contributed by atoms with Crippen molar-refractivity contribution in [1.29, 1.82) is 0 Å². The van der Waals surface area contributed by atoms with Crippen molar-refractivity contribution >= 4 is 11.9 Å². The molecule has 98 valence electrons. The molecular weight excluding hydrogens is 232 g/mol. The number of carbonyl (C=O) groups excluding carboxylic acids is 2. The highest BCUT2D eigenvalue weighted by atomic mass is 16.5. The van der Waals surface area contributed by atoms with Gasteiger partial charge >= 0.3 is 11.9 Å². The molecule has 18 heavy (non-hydrogen) atoms. The zero-order valence-corrected chi connectivity index (χ0v) is 10.8. The molecule has 0 spiro atoms. The third-order valence-electron chi connectivity index (χ3n) is 2.31. The molecule has 0 heterocycles. The second-order valence-corrected chi connectivity index (χ2v) is 3.83. The minimum Gasteiger partial charge on any atom is -0.462 e. The van der Waals surface area contributed by atoms with Gasteiger partial charge in [0.2, 0.25) is 0 Å². The first kappa shape index (κ1) is 14.2. The van der Waals surface area contributed by atoms with Crippen LogP contribution in [-0.4, -0.2) is 18.5 Å². The number of hydrogen-bond donors (Lipinski definition) is 0. The molecule has 0 aliphatic rings. The molecule has 0 aromatic heterocycles. The summed E-state index contributed by atoms with van der Waals surface area (Å²) in [5.41, 5.74) is 0.387. The van der Waals surface area contributed by atoms with E-state index in [1.54, 1.807) is 25.1 Å². The van der Waals surface area contributed by atoms with Crippen molar-refractivity contribution in [1.82, 2.24) is 0 Å². The molecule has 0 aliphatic carbocycles. The van der Waals surface area contributed by atoms with Crippen molar-refractivity contribution in [3.8, 4) is 5.75 Å². The van der Waals surface area contributed by atoms with E-state index < -0.39 is 5.97 Å². The van der Waals surface area contributed by atoms with E-state index in [-0.39, 0.29) is 5.97 Å². The summed E-state index contributed by atoms with van der Waals surface area (Å²) in [6.45, 7) is 4.07. The molecule has 0 amide bonds. The van der Waals surface area contributed by atoms with Gasteiger partial charge in [-0.1, -0.05) is 19.4 Å². The second-order valence-electron chi connectivity index (χ2n) is 3.83. The van der Waals surface area contributed by atoms with Crippen LogP contribution < -0.4 is 4.74 Å². The van der Waals surface area contributed by atoms with Crippen LogP contribution >= 0.6 is 0 Å². The molecule has 0 aliphatic heterocycles. The Morgan fingerprint density at radius 2 is 2.00 bits per heavy atom. The summed E-state index contributed by atoms with van der Waals surface area (Å²) >= 11 is 0. The first-order valence-corrected chi connectivity index (χ1v) is 6.15. The van der Waals surface area contributed by atoms with Crippen LogP contribution in [0.4, 0.5) is 0 Å². The number of ether oxygens (including phenoxy) is 2. The van der Waals surface area contributed by atoms with E-state index in [1.165, 1.54) is 6.07 Å². The summed E-state index contributed by atoms with van der Waals surface area (Å²) in [5, 5.41) is 0. The zero-order chi connectivity index (χ0) is 13.4. The molecule has 1 aromatic rings. The van der Waals surface area contributed by atoms with Gasteiger partial charge in [0.25, 0.3) is 0 Å². The predicted octanol–water partition coefficient (Wildman–Crippen LogP) is 2.96. The van der Waals surface area contributed by atoms with Gasteiger partial charge in [0.1, 0.15) is 5.75 Å². The van der Waals surface area contributed by atoms with Gasteiger partial charge in [0.15, 0.2) is 0 Å². The lowest BCUT2D eigenvalue weighted by atomic mass is 10.2. The van der Waals surface area contributed by atoms with Crippen molar-refractivity contribution in [3.63, 3.8) is 0 Å². The maximum absolute atomic E-state index is 11.5. The molecule has 0 fully saturated rings. The Morgan fingerprint density at radius 3 is 2.67 bits per heavy atom. The number of unbranched alkanes of at least 4 members (excludes halogenated alkanes) is 1. The average Bonchev–Trinajstić information content (AvgIpc) is 2.37. The minimum atomic E-state index is -0.413. The normalized spacial score (nSPS) is 9.89. The molecule has 0 saturated heterocycles. The summed E-state index contributed by atoms with van der Waals surface area (Å²) in [6.07, 6.45) is 2.13. The summed E-state index contributed by atoms with van der Waals surface area (Å²) in [5.74, 6) is -0.316. The number of benzene rings is 1. The fourth-order valence-corrected chi connectivity index (χ4v) is 1.40. The highest BCUT2D eigenvalue weighted by molar-refractivity contribution is 5.90. The standard InChI is InChI=1S/C14H18O4/c1-3-5-9-13(15)18-12-8-6-7-11(10-12)14(16)17-4-2/h6-8,10H,3-5,9H2,1-2H3. The van der Waals surface area contributed by atoms with Crippen LogP contribution in [0.15, 0.2) is 24.3 Å². The maximum atomic E-state index is 11.5. The van der Waals surface area contributed by atoms with Crippen LogP contribution in [0.25, 0.3) is 0 Å². The Labute approximate surface area is 107 Å². The lowest BCUT2D eigenvalue weighted by Gasteiger charge is -2.06. The molecule has 4 heteroatoms. The van der Waals surface area contributed by atoms with E-state index in [0.717, 1.165) is 12.8 Å². The van der Waals surface area contributed by atoms with Gasteiger partial charge in [-0.05, 0) is 31.5 Å². The molecule has 0 atom stereocenters. The van der Waals surface area contributed by atoms with E-state index in [0.29, 0.717) is 24.3 Å². The lowest BCUT2D eigenvalue weighted by Crippen LogP contribution is -2.09. The second kappa shape index (κ2) is 7.48. The molecule has 1 rings (SSSR count). The van der Waals surface area contributed by atoms with Crippen molar-refractivity contribution in [2.45, 2.75) is 33.1 Å². The van der Waals surface area contributed by atoms with E-state index in [2.05, 4.69) is 0 Å². The van der Waals surface area contributed by atoms with E-state index >= 15 is 0 Å². The monoisotopic (exact) mass is 250 g/mol. The van der Waals surface area contributed by atoms with Crippen molar-refractivity contribution in [2.24, 2.45) is 0 Å². The third kappa shape index (κ3) is 4.57. The topological polar surface area (TPSA) is 52.6 Å². The van der Waals surface area contributed by atoms with Crippen molar-refractivity contribution < 1.29 is 19.1 Å². The molecule has 1 aromatic carbocycles. The highest BCUT2D eigenvalue weighted by Gasteiger charge is 2.09. The van der Waals surface area contributed by atoms with Gasteiger partial charge in [-0.2, -0.15) is 0 Å². The van der Waals surface area contributed by atoms with Gasteiger partial charge in [0.05, 0.1) is 12.2 Å². The molecule has 4 nitrogen and oxygen atoms in total.